The van der Waals surface area contributed by atoms with Gasteiger partial charge in [0, 0.05) is 11.5 Å². The molecule has 0 amide bonds. The first-order valence-corrected chi connectivity index (χ1v) is 9.51. The van der Waals surface area contributed by atoms with Crippen LogP contribution in [0.2, 0.25) is 0 Å². The SMILES string of the molecule is C.C.C.C.C.C.C.C.C.CCC1CCC(CC)CC1.CCSSCC. The van der Waals surface area contributed by atoms with Crippen LogP contribution < -0.4 is 0 Å². The van der Waals surface area contributed by atoms with Crippen LogP contribution >= 0.6 is 21.6 Å². The molecule has 1 saturated carbocycles. The highest BCUT2D eigenvalue weighted by atomic mass is 33.1. The molecule has 0 aromatic carbocycles. The molecule has 0 unspecified atom stereocenters. The van der Waals surface area contributed by atoms with Crippen molar-refractivity contribution < 1.29 is 0 Å². The largest absolute Gasteiger partial charge is 0.0945 e. The molecule has 1 rings (SSSR count). The van der Waals surface area contributed by atoms with Crippen LogP contribution in [0.5, 0.6) is 0 Å². The fraction of sp³-hybridized carbons (Fsp3) is 1.00. The van der Waals surface area contributed by atoms with Crippen molar-refractivity contribution in [3.05, 3.63) is 0 Å². The maximum atomic E-state index is 2.33. The van der Waals surface area contributed by atoms with Gasteiger partial charge in [0.25, 0.3) is 0 Å². The van der Waals surface area contributed by atoms with Crippen molar-refractivity contribution in [3.8, 4) is 0 Å². The first kappa shape index (κ1) is 63.6. The van der Waals surface area contributed by atoms with Gasteiger partial charge in [-0.15, -0.1) is 0 Å². The molecule has 0 radical (unpaired) electrons. The molecule has 170 valence electrons. The summed E-state index contributed by atoms with van der Waals surface area (Å²) in [5.41, 5.74) is 0. The molecule has 0 aliphatic heterocycles. The first-order valence-electron chi connectivity index (χ1n) is 7.02. The fourth-order valence-electron chi connectivity index (χ4n) is 2.21. The van der Waals surface area contributed by atoms with Gasteiger partial charge in [-0.2, -0.15) is 0 Å². The van der Waals surface area contributed by atoms with Gasteiger partial charge in [0.2, 0.25) is 0 Å². The van der Waals surface area contributed by atoms with Gasteiger partial charge in [-0.3, -0.25) is 0 Å². The van der Waals surface area contributed by atoms with Crippen molar-refractivity contribution in [2.45, 2.75) is 133 Å². The summed E-state index contributed by atoms with van der Waals surface area (Å²) in [6.07, 6.45) is 8.86. The average molecular weight is 407 g/mol. The van der Waals surface area contributed by atoms with E-state index >= 15 is 0 Å². The monoisotopic (exact) mass is 406 g/mol. The maximum absolute atomic E-state index is 2.33. The zero-order chi connectivity index (χ0) is 12.2. The Morgan fingerprint density at radius 1 is 0.480 bits per heavy atom. The molecule has 0 spiro atoms. The van der Waals surface area contributed by atoms with E-state index in [-0.39, 0.29) is 66.8 Å². The second-order valence-electron chi connectivity index (χ2n) is 4.52. The second kappa shape index (κ2) is 49.7. The minimum atomic E-state index is 0. The Morgan fingerprint density at radius 3 is 0.800 bits per heavy atom. The van der Waals surface area contributed by atoms with Crippen molar-refractivity contribution >= 4 is 21.6 Å². The summed E-state index contributed by atoms with van der Waals surface area (Å²) in [6.45, 7) is 9.01. The van der Waals surface area contributed by atoms with E-state index in [1.54, 1.807) is 0 Å². The van der Waals surface area contributed by atoms with E-state index in [2.05, 4.69) is 27.7 Å². The quantitative estimate of drug-likeness (QED) is 0.328. The minimum absolute atomic E-state index is 0. The fourth-order valence-corrected chi connectivity index (χ4v) is 3.55. The van der Waals surface area contributed by atoms with Crippen molar-refractivity contribution in [2.75, 3.05) is 11.5 Å². The molecular weight excluding hydrogens is 340 g/mol. The van der Waals surface area contributed by atoms with Crippen molar-refractivity contribution in [1.29, 1.82) is 0 Å². The van der Waals surface area contributed by atoms with Crippen LogP contribution in [-0.2, 0) is 0 Å². The summed E-state index contributed by atoms with van der Waals surface area (Å²) in [5.74, 6) is 4.61. The Morgan fingerprint density at radius 2 is 0.680 bits per heavy atom. The Labute approximate surface area is 177 Å². The van der Waals surface area contributed by atoms with Gasteiger partial charge >= 0.3 is 0 Å². The Hall–Kier alpha value is 0.700. The summed E-state index contributed by atoms with van der Waals surface area (Å²) in [5, 5.41) is 0. The minimum Gasteiger partial charge on any atom is -0.0945 e. The highest BCUT2D eigenvalue weighted by molar-refractivity contribution is 8.76. The standard InChI is InChI=1S/C10H20.C4H10S2.9CH4/c1-3-9-5-7-10(4-2)8-6-9;1-3-5-6-4-2;;;;;;;;;/h9-10H,3-8H2,1-2H3;3-4H2,1-2H3;9*1H4. The van der Waals surface area contributed by atoms with Gasteiger partial charge in [0.1, 0.15) is 0 Å². The lowest BCUT2D eigenvalue weighted by atomic mass is 9.80. The smallest absolute Gasteiger partial charge is 0.000844 e. The predicted molar refractivity (Wildman–Crippen MR) is 143 cm³/mol. The molecule has 0 aromatic rings. The second-order valence-corrected chi connectivity index (χ2v) is 7.56. The van der Waals surface area contributed by atoms with Gasteiger partial charge < -0.3 is 0 Å². The van der Waals surface area contributed by atoms with Gasteiger partial charge in [-0.1, -0.05) is 155 Å². The van der Waals surface area contributed by atoms with Gasteiger partial charge in [-0.05, 0) is 11.8 Å². The van der Waals surface area contributed by atoms with E-state index in [9.17, 15) is 0 Å². The first-order chi connectivity index (χ1) is 7.78. The van der Waals surface area contributed by atoms with E-state index in [0.717, 1.165) is 11.8 Å². The molecule has 2 heteroatoms. The Balaban J connectivity index is -0.0000000174. The molecule has 0 aromatic heterocycles. The lowest BCUT2D eigenvalue weighted by Gasteiger charge is -2.26. The molecule has 0 bridgehead atoms. The summed E-state index contributed by atoms with van der Waals surface area (Å²) in [4.78, 5) is 0. The lowest BCUT2D eigenvalue weighted by Crippen LogP contribution is -2.12. The molecule has 1 aliphatic rings. The van der Waals surface area contributed by atoms with Gasteiger partial charge in [-0.25, -0.2) is 0 Å². The van der Waals surface area contributed by atoms with E-state index in [1.807, 2.05) is 21.6 Å². The van der Waals surface area contributed by atoms with E-state index in [1.165, 1.54) is 50.0 Å². The van der Waals surface area contributed by atoms with Crippen LogP contribution in [0.4, 0.5) is 0 Å². The third-order valence-electron chi connectivity index (χ3n) is 3.44. The van der Waals surface area contributed by atoms with Crippen LogP contribution in [-0.4, -0.2) is 11.5 Å². The van der Waals surface area contributed by atoms with Crippen LogP contribution in [0.25, 0.3) is 0 Å². The zero-order valence-electron chi connectivity index (χ0n) is 11.6. The molecule has 0 atom stereocenters. The lowest BCUT2D eigenvalue weighted by molar-refractivity contribution is 0.264. The van der Waals surface area contributed by atoms with Crippen molar-refractivity contribution in [2.24, 2.45) is 11.8 Å². The highest BCUT2D eigenvalue weighted by Crippen LogP contribution is 2.31. The highest BCUT2D eigenvalue weighted by Gasteiger charge is 2.17. The molecular formula is C23H66S2. The van der Waals surface area contributed by atoms with Crippen LogP contribution in [0.15, 0.2) is 0 Å². The third kappa shape index (κ3) is 40.6. The summed E-state index contributed by atoms with van der Waals surface area (Å²) < 4.78 is 0. The average Bonchev–Trinajstić information content (AvgIpc) is 2.37. The number of hydrogen-bond donors (Lipinski definition) is 0. The summed E-state index contributed by atoms with van der Waals surface area (Å²) in [7, 11) is 3.85. The molecule has 25 heavy (non-hydrogen) atoms. The summed E-state index contributed by atoms with van der Waals surface area (Å²) >= 11 is 0. The molecule has 1 fully saturated rings. The normalized spacial score (nSPS) is 15.8. The molecule has 1 aliphatic carbocycles. The topological polar surface area (TPSA) is 0 Å². The Kier molecular flexibility index (Phi) is 127. The zero-order valence-corrected chi connectivity index (χ0v) is 13.3. The van der Waals surface area contributed by atoms with Gasteiger partial charge in [0.15, 0.2) is 0 Å². The van der Waals surface area contributed by atoms with Crippen LogP contribution in [0.1, 0.15) is 133 Å². The number of rotatable bonds is 5. The molecule has 0 N–H and O–H groups in total. The number of hydrogen-bond acceptors (Lipinski definition) is 2. The van der Waals surface area contributed by atoms with Gasteiger partial charge in [0.05, 0.1) is 0 Å². The third-order valence-corrected chi connectivity index (χ3v) is 5.99. The van der Waals surface area contributed by atoms with Crippen LogP contribution in [0.3, 0.4) is 0 Å². The van der Waals surface area contributed by atoms with E-state index < -0.39 is 0 Å². The molecule has 0 saturated heterocycles. The summed E-state index contributed by atoms with van der Waals surface area (Å²) in [6, 6.07) is 0. The predicted octanol–water partition coefficient (Wildman–Crippen LogP) is 11.7. The maximum Gasteiger partial charge on any atom is 0.000844 e. The molecule has 0 nitrogen and oxygen atoms in total. The van der Waals surface area contributed by atoms with E-state index in [0.29, 0.717) is 0 Å². The van der Waals surface area contributed by atoms with Crippen LogP contribution in [0, 0.1) is 11.8 Å². The van der Waals surface area contributed by atoms with Crippen molar-refractivity contribution in [1.82, 2.24) is 0 Å². The molecule has 0 heterocycles. The van der Waals surface area contributed by atoms with Crippen molar-refractivity contribution in [3.63, 3.8) is 0 Å². The van der Waals surface area contributed by atoms with E-state index in [4.69, 9.17) is 0 Å². The Bertz CT molecular complexity index is 114.